The molecular formula is C17H16Cl2Ru-2. The molecule has 0 saturated carbocycles. The van der Waals surface area contributed by atoms with Crippen molar-refractivity contribution in [2.75, 3.05) is 0 Å². The second-order valence-electron chi connectivity index (χ2n) is 3.50. The van der Waals surface area contributed by atoms with Gasteiger partial charge in [0.1, 0.15) is 0 Å². The second-order valence-corrected chi connectivity index (χ2v) is 8.82. The molecule has 0 unspecified atom stereocenters. The molecule has 0 amide bonds. The van der Waals surface area contributed by atoms with Crippen LogP contribution in [-0.4, -0.2) is 4.26 Å². The molecule has 3 heteroatoms. The Labute approximate surface area is 134 Å². The molecule has 0 heterocycles. The summed E-state index contributed by atoms with van der Waals surface area (Å²) in [5.41, 5.74) is 6.25. The van der Waals surface area contributed by atoms with Crippen LogP contribution in [0.15, 0.2) is 66.4 Å². The first kappa shape index (κ1) is 19.1. The summed E-state index contributed by atoms with van der Waals surface area (Å²) in [6.07, 6.45) is 0. The molecule has 0 nitrogen and oxygen atoms in total. The molecule has 0 saturated heterocycles. The number of hydrogen-bond donors (Lipinski definition) is 0. The Kier molecular flexibility index (Phi) is 9.44. The van der Waals surface area contributed by atoms with Gasteiger partial charge in [-0.15, -0.1) is 0 Å². The molecule has 108 valence electrons. The van der Waals surface area contributed by atoms with Crippen LogP contribution in [0.4, 0.5) is 0 Å². The van der Waals surface area contributed by atoms with E-state index in [-0.39, 0.29) is 14.9 Å². The standard InChI is InChI=1S/C15H10.2CH3.2ClH.Ru/c1-2-15(13-9-5-3-6-10-13)14-11-7-4-8-12-14;;;;;/h3-12H;2*1H3;2*1H;/q;2*-1;;;+2/p-2. The molecule has 0 aliphatic rings. The van der Waals surface area contributed by atoms with E-state index in [2.05, 4.69) is 10.00 Å². The van der Waals surface area contributed by atoms with Crippen molar-refractivity contribution in [3.05, 3.63) is 92.4 Å². The van der Waals surface area contributed by atoms with Crippen LogP contribution in [0.25, 0.3) is 5.57 Å². The molecule has 0 N–H and O–H groups in total. The van der Waals surface area contributed by atoms with Crippen LogP contribution in [0.2, 0.25) is 0 Å². The van der Waals surface area contributed by atoms with E-state index in [4.69, 9.17) is 19.4 Å². The van der Waals surface area contributed by atoms with Crippen LogP contribution in [-0.2, 0) is 13.5 Å². The van der Waals surface area contributed by atoms with Gasteiger partial charge in [0.25, 0.3) is 0 Å². The van der Waals surface area contributed by atoms with E-state index in [1.54, 1.807) is 0 Å². The van der Waals surface area contributed by atoms with Crippen LogP contribution in [0.1, 0.15) is 11.1 Å². The van der Waals surface area contributed by atoms with Crippen LogP contribution >= 0.6 is 19.4 Å². The summed E-state index contributed by atoms with van der Waals surface area (Å²) in [6.45, 7) is 0. The van der Waals surface area contributed by atoms with E-state index in [0.717, 1.165) is 16.7 Å². The van der Waals surface area contributed by atoms with E-state index in [1.807, 2.05) is 60.7 Å². The molecular weight excluding hydrogens is 376 g/mol. The monoisotopic (exact) mass is 392 g/mol. The van der Waals surface area contributed by atoms with Gasteiger partial charge in [0, 0.05) is 0 Å². The quantitative estimate of drug-likeness (QED) is 0.360. The van der Waals surface area contributed by atoms with Crippen LogP contribution in [0.5, 0.6) is 0 Å². The third kappa shape index (κ3) is 5.60. The zero-order chi connectivity index (χ0) is 12.8. The average molecular weight is 392 g/mol. The molecule has 0 fully saturated rings. The van der Waals surface area contributed by atoms with Crippen molar-refractivity contribution in [3.8, 4) is 0 Å². The summed E-state index contributed by atoms with van der Waals surface area (Å²) < 4.78 is 2.93. The summed E-state index contributed by atoms with van der Waals surface area (Å²) in [7, 11) is 11.6. The molecule has 0 atom stereocenters. The number of benzene rings is 2. The first-order valence-corrected chi connectivity index (χ1v) is 10.6. The third-order valence-corrected chi connectivity index (χ3v) is 3.70. The minimum absolute atomic E-state index is 0. The summed E-state index contributed by atoms with van der Waals surface area (Å²) in [5, 5.41) is 0. The van der Waals surface area contributed by atoms with Gasteiger partial charge in [0.2, 0.25) is 0 Å². The van der Waals surface area contributed by atoms with E-state index in [0.29, 0.717) is 0 Å². The van der Waals surface area contributed by atoms with Gasteiger partial charge in [0.15, 0.2) is 0 Å². The van der Waals surface area contributed by atoms with Gasteiger partial charge in [-0.25, -0.2) is 0 Å². The molecule has 0 radical (unpaired) electrons. The van der Waals surface area contributed by atoms with Gasteiger partial charge in [-0.3, -0.25) is 0 Å². The maximum atomic E-state index is 5.82. The van der Waals surface area contributed by atoms with Crippen LogP contribution in [0, 0.1) is 14.9 Å². The van der Waals surface area contributed by atoms with E-state index in [9.17, 15) is 0 Å². The van der Waals surface area contributed by atoms with Crippen LogP contribution in [0.3, 0.4) is 0 Å². The zero-order valence-corrected chi connectivity index (χ0v) is 14.6. The Morgan fingerprint density at radius 2 is 1.15 bits per heavy atom. The topological polar surface area (TPSA) is 0 Å². The van der Waals surface area contributed by atoms with Crippen molar-refractivity contribution in [2.24, 2.45) is 0 Å². The number of hydrogen-bond acceptors (Lipinski definition) is 0. The Morgan fingerprint density at radius 3 is 1.50 bits per heavy atom. The summed E-state index contributed by atoms with van der Waals surface area (Å²) in [4.78, 5) is 0. The van der Waals surface area contributed by atoms with Crippen molar-refractivity contribution in [1.82, 2.24) is 0 Å². The second kappa shape index (κ2) is 9.90. The number of rotatable bonds is 2. The predicted octanol–water partition coefficient (Wildman–Crippen LogP) is 5.50. The fourth-order valence-electron chi connectivity index (χ4n) is 1.60. The predicted molar refractivity (Wildman–Crippen MR) is 88.4 cm³/mol. The van der Waals surface area contributed by atoms with Gasteiger partial charge in [-0.2, -0.15) is 0 Å². The fourth-order valence-corrected chi connectivity index (χ4v) is 2.38. The first-order valence-electron chi connectivity index (χ1n) is 5.27. The van der Waals surface area contributed by atoms with E-state index >= 15 is 0 Å². The van der Waals surface area contributed by atoms with Gasteiger partial charge in [-0.1, -0.05) is 0 Å². The van der Waals surface area contributed by atoms with Crippen LogP contribution < -0.4 is 0 Å². The molecule has 0 bridgehead atoms. The fraction of sp³-hybridized carbons (Fsp3) is 0. The van der Waals surface area contributed by atoms with Crippen molar-refractivity contribution in [1.29, 1.82) is 0 Å². The number of halogens is 2. The normalized spacial score (nSPS) is 9.20. The maximum absolute atomic E-state index is 5.82. The Bertz CT molecular complexity index is 575. The Morgan fingerprint density at radius 1 is 0.750 bits per heavy atom. The minimum atomic E-state index is -1.95. The molecule has 2 aromatic rings. The van der Waals surface area contributed by atoms with Crippen molar-refractivity contribution in [2.45, 2.75) is 0 Å². The summed E-state index contributed by atoms with van der Waals surface area (Å²) in [5.74, 6) is 0. The van der Waals surface area contributed by atoms with Gasteiger partial charge >= 0.3 is 120 Å². The zero-order valence-electron chi connectivity index (χ0n) is 11.4. The van der Waals surface area contributed by atoms with Crippen molar-refractivity contribution in [3.63, 3.8) is 0 Å². The Balaban J connectivity index is 0.00000180. The van der Waals surface area contributed by atoms with Crippen molar-refractivity contribution < 1.29 is 13.5 Å². The Hall–Kier alpha value is -0.927. The van der Waals surface area contributed by atoms with Gasteiger partial charge < -0.3 is 14.9 Å². The van der Waals surface area contributed by atoms with Crippen molar-refractivity contribution >= 4 is 29.2 Å². The van der Waals surface area contributed by atoms with Gasteiger partial charge in [0.05, 0.1) is 0 Å². The van der Waals surface area contributed by atoms with E-state index in [1.165, 1.54) is 0 Å². The first-order chi connectivity index (χ1) is 8.77. The molecule has 0 aliphatic carbocycles. The molecule has 0 aliphatic heterocycles. The van der Waals surface area contributed by atoms with E-state index < -0.39 is 13.5 Å². The molecule has 2 rings (SSSR count). The summed E-state index contributed by atoms with van der Waals surface area (Å²) >= 11 is -1.95. The van der Waals surface area contributed by atoms with Gasteiger partial charge in [-0.05, 0) is 0 Å². The SMILES string of the molecule is [CH3-].[CH3-].[Cl][Ru]([Cl])=[C]=C=C(c1ccccc1)c1ccccc1. The third-order valence-electron chi connectivity index (χ3n) is 2.36. The molecule has 0 spiro atoms. The average Bonchev–Trinajstić information content (AvgIpc) is 2.41. The molecule has 2 aromatic carbocycles. The molecule has 20 heavy (non-hydrogen) atoms. The molecule has 0 aromatic heterocycles. The summed E-state index contributed by atoms with van der Waals surface area (Å²) in [6, 6.07) is 20.1.